The van der Waals surface area contributed by atoms with Gasteiger partial charge in [-0.05, 0) is 18.2 Å². The van der Waals surface area contributed by atoms with Crippen LogP contribution < -0.4 is 11.3 Å². The number of nitrogens with zero attached hydrogens (tertiary/aromatic N) is 7. The maximum Gasteiger partial charge on any atom is 0.251 e. The summed E-state index contributed by atoms with van der Waals surface area (Å²) >= 11 is 0. The minimum absolute atomic E-state index is 0.0574. The first-order valence-electron chi connectivity index (χ1n) is 10.3. The third-order valence-electron chi connectivity index (χ3n) is 5.28. The molecule has 0 spiro atoms. The normalized spacial score (nSPS) is 10.9. The summed E-state index contributed by atoms with van der Waals surface area (Å²) in [6.45, 7) is -0.108. The molecular formula is C24H17FN8O. The second kappa shape index (κ2) is 8.55. The average molecular weight is 452 g/mol. The number of anilines is 1. The SMILES string of the molecule is N#CCn1cc(-c2c(-c3ccccc3)nc(N)n3nc(Cc4ncccc4F)nc23)ccc1=O. The lowest BCUT2D eigenvalue weighted by Crippen LogP contribution is -2.18. The Labute approximate surface area is 192 Å². The maximum atomic E-state index is 14.2. The highest BCUT2D eigenvalue weighted by Gasteiger charge is 2.21. The fourth-order valence-corrected chi connectivity index (χ4v) is 3.72. The van der Waals surface area contributed by atoms with Crippen LogP contribution >= 0.6 is 0 Å². The van der Waals surface area contributed by atoms with E-state index in [1.165, 1.54) is 33.5 Å². The van der Waals surface area contributed by atoms with Gasteiger partial charge in [-0.1, -0.05) is 30.3 Å². The molecule has 0 unspecified atom stereocenters. The van der Waals surface area contributed by atoms with Gasteiger partial charge in [0, 0.05) is 29.6 Å². The number of nitriles is 1. The summed E-state index contributed by atoms with van der Waals surface area (Å²) in [7, 11) is 0. The van der Waals surface area contributed by atoms with Gasteiger partial charge in [-0.15, -0.1) is 5.10 Å². The van der Waals surface area contributed by atoms with Crippen molar-refractivity contribution in [3.05, 3.63) is 94.7 Å². The lowest BCUT2D eigenvalue weighted by molar-refractivity contribution is 0.601. The van der Waals surface area contributed by atoms with Gasteiger partial charge in [-0.2, -0.15) is 9.78 Å². The number of pyridine rings is 2. The quantitative estimate of drug-likeness (QED) is 0.434. The van der Waals surface area contributed by atoms with Crippen LogP contribution in [0.15, 0.2) is 71.8 Å². The number of aromatic nitrogens is 6. The van der Waals surface area contributed by atoms with Gasteiger partial charge in [0.1, 0.15) is 12.4 Å². The molecule has 9 nitrogen and oxygen atoms in total. The molecule has 0 bridgehead atoms. The van der Waals surface area contributed by atoms with Gasteiger partial charge in [-0.3, -0.25) is 9.78 Å². The van der Waals surface area contributed by atoms with Crippen molar-refractivity contribution in [2.45, 2.75) is 13.0 Å². The maximum absolute atomic E-state index is 14.2. The van der Waals surface area contributed by atoms with Gasteiger partial charge in [0.25, 0.3) is 5.56 Å². The van der Waals surface area contributed by atoms with Crippen molar-refractivity contribution in [2.75, 3.05) is 5.73 Å². The summed E-state index contributed by atoms with van der Waals surface area (Å²) in [5.74, 6) is -0.0488. The summed E-state index contributed by atoms with van der Waals surface area (Å²) in [6.07, 6.45) is 3.14. The molecule has 10 heteroatoms. The fraction of sp³-hybridized carbons (Fsp3) is 0.0833. The number of fused-ring (bicyclic) bond motifs is 1. The third-order valence-corrected chi connectivity index (χ3v) is 5.28. The number of halogens is 1. The molecule has 5 aromatic rings. The van der Waals surface area contributed by atoms with Crippen LogP contribution in [0.1, 0.15) is 11.5 Å². The molecular weight excluding hydrogens is 435 g/mol. The molecule has 34 heavy (non-hydrogen) atoms. The molecule has 0 radical (unpaired) electrons. The van der Waals surface area contributed by atoms with Crippen LogP contribution in [-0.2, 0) is 13.0 Å². The second-order valence-electron chi connectivity index (χ2n) is 7.47. The lowest BCUT2D eigenvalue weighted by Gasteiger charge is -2.13. The van der Waals surface area contributed by atoms with Crippen molar-refractivity contribution in [2.24, 2.45) is 0 Å². The van der Waals surface area contributed by atoms with E-state index in [0.717, 1.165) is 5.56 Å². The topological polar surface area (TPSA) is 128 Å². The Morgan fingerprint density at radius 3 is 2.62 bits per heavy atom. The molecule has 0 fully saturated rings. The Balaban J connectivity index is 1.77. The van der Waals surface area contributed by atoms with Gasteiger partial charge in [-0.25, -0.2) is 14.4 Å². The summed E-state index contributed by atoms with van der Waals surface area (Å²) in [5.41, 5.74) is 9.03. The molecule has 2 N–H and O–H groups in total. The molecule has 5 rings (SSSR count). The molecule has 0 atom stereocenters. The summed E-state index contributed by atoms with van der Waals surface area (Å²) < 4.78 is 16.9. The first kappa shape index (κ1) is 21.0. The monoisotopic (exact) mass is 452 g/mol. The van der Waals surface area contributed by atoms with E-state index in [1.807, 2.05) is 36.4 Å². The van der Waals surface area contributed by atoms with Crippen LogP contribution in [0.2, 0.25) is 0 Å². The highest BCUT2D eigenvalue weighted by atomic mass is 19.1. The molecule has 0 amide bonds. The zero-order chi connectivity index (χ0) is 23.7. The van der Waals surface area contributed by atoms with Crippen molar-refractivity contribution < 1.29 is 4.39 Å². The minimum Gasteiger partial charge on any atom is -0.368 e. The van der Waals surface area contributed by atoms with Crippen molar-refractivity contribution in [1.82, 2.24) is 29.1 Å². The van der Waals surface area contributed by atoms with E-state index in [9.17, 15) is 9.18 Å². The van der Waals surface area contributed by atoms with E-state index in [4.69, 9.17) is 11.0 Å². The molecule has 0 aliphatic rings. The molecule has 0 saturated carbocycles. The number of nitrogens with two attached hydrogens (primary N) is 1. The number of nitrogen functional groups attached to an aromatic ring is 1. The van der Waals surface area contributed by atoms with E-state index in [2.05, 4.69) is 20.1 Å². The van der Waals surface area contributed by atoms with Crippen molar-refractivity contribution in [3.63, 3.8) is 0 Å². The Kier molecular flexibility index (Phi) is 5.27. The predicted molar refractivity (Wildman–Crippen MR) is 123 cm³/mol. The highest BCUT2D eigenvalue weighted by Crippen LogP contribution is 2.34. The van der Waals surface area contributed by atoms with E-state index in [0.29, 0.717) is 28.3 Å². The Bertz CT molecular complexity index is 1620. The van der Waals surface area contributed by atoms with Crippen molar-refractivity contribution in [3.8, 4) is 28.5 Å². The first-order chi connectivity index (χ1) is 16.5. The van der Waals surface area contributed by atoms with Gasteiger partial charge in [0.2, 0.25) is 5.95 Å². The molecule has 0 saturated heterocycles. The fourth-order valence-electron chi connectivity index (χ4n) is 3.72. The smallest absolute Gasteiger partial charge is 0.251 e. The summed E-state index contributed by atoms with van der Waals surface area (Å²) in [5, 5.41) is 13.5. The van der Waals surface area contributed by atoms with E-state index in [-0.39, 0.29) is 30.2 Å². The lowest BCUT2D eigenvalue weighted by atomic mass is 10.0. The van der Waals surface area contributed by atoms with Gasteiger partial charge in [0.05, 0.1) is 29.4 Å². The number of hydrogen-bond acceptors (Lipinski definition) is 7. The standard InChI is InChI=1S/C24H17FN8O/c25-17-7-4-11-28-18(17)13-19-29-23-21(16-8-9-20(34)32(14-16)12-10-26)22(15-5-2-1-3-6-15)30-24(27)33(23)31-19/h1-9,11,14H,12-13H2,(H2,27,30). The second-order valence-corrected chi connectivity index (χ2v) is 7.47. The number of hydrogen-bond donors (Lipinski definition) is 1. The average Bonchev–Trinajstić information content (AvgIpc) is 3.27. The van der Waals surface area contributed by atoms with Gasteiger partial charge in [0.15, 0.2) is 11.5 Å². The summed E-state index contributed by atoms with van der Waals surface area (Å²) in [4.78, 5) is 25.5. The molecule has 0 aliphatic heterocycles. The van der Waals surface area contributed by atoms with Crippen LogP contribution in [0.3, 0.4) is 0 Å². The largest absolute Gasteiger partial charge is 0.368 e. The summed E-state index contributed by atoms with van der Waals surface area (Å²) in [6, 6.07) is 17.2. The Morgan fingerprint density at radius 1 is 1.03 bits per heavy atom. The first-order valence-corrected chi connectivity index (χ1v) is 10.3. The third kappa shape index (κ3) is 3.75. The van der Waals surface area contributed by atoms with Crippen molar-refractivity contribution in [1.29, 1.82) is 5.26 Å². The van der Waals surface area contributed by atoms with E-state index in [1.54, 1.807) is 12.3 Å². The van der Waals surface area contributed by atoms with Gasteiger partial charge >= 0.3 is 0 Å². The van der Waals surface area contributed by atoms with Crippen LogP contribution in [0, 0.1) is 17.1 Å². The van der Waals surface area contributed by atoms with E-state index < -0.39 is 5.82 Å². The van der Waals surface area contributed by atoms with Crippen LogP contribution in [-0.4, -0.2) is 29.1 Å². The van der Waals surface area contributed by atoms with E-state index >= 15 is 0 Å². The highest BCUT2D eigenvalue weighted by molar-refractivity contribution is 5.90. The molecule has 4 aromatic heterocycles. The zero-order valence-corrected chi connectivity index (χ0v) is 17.8. The number of benzene rings is 1. The van der Waals surface area contributed by atoms with Crippen LogP contribution in [0.4, 0.5) is 10.3 Å². The van der Waals surface area contributed by atoms with Crippen LogP contribution in [0.25, 0.3) is 28.0 Å². The molecule has 166 valence electrons. The van der Waals surface area contributed by atoms with Crippen molar-refractivity contribution >= 4 is 11.6 Å². The molecule has 4 heterocycles. The Morgan fingerprint density at radius 2 is 1.85 bits per heavy atom. The van der Waals surface area contributed by atoms with Crippen LogP contribution in [0.5, 0.6) is 0 Å². The molecule has 0 aliphatic carbocycles. The number of rotatable bonds is 5. The predicted octanol–water partition coefficient (Wildman–Crippen LogP) is 2.85. The minimum atomic E-state index is -0.457. The zero-order valence-electron chi connectivity index (χ0n) is 17.8. The molecule has 1 aromatic carbocycles. The Hall–Kier alpha value is -4.91. The van der Waals surface area contributed by atoms with Gasteiger partial charge < -0.3 is 10.3 Å².